The van der Waals surface area contributed by atoms with E-state index in [-0.39, 0.29) is 0 Å². The molecule has 0 amide bonds. The van der Waals surface area contributed by atoms with Crippen LogP contribution in [0.3, 0.4) is 0 Å². The number of hydrogen-bond acceptors (Lipinski definition) is 5. The first-order valence-corrected chi connectivity index (χ1v) is 6.39. The summed E-state index contributed by atoms with van der Waals surface area (Å²) in [5.74, 6) is 0.826. The van der Waals surface area contributed by atoms with Crippen molar-refractivity contribution in [3.63, 3.8) is 0 Å². The monoisotopic (exact) mass is 261 g/mol. The van der Waals surface area contributed by atoms with Gasteiger partial charge >= 0.3 is 0 Å². The van der Waals surface area contributed by atoms with Gasteiger partial charge in [-0.25, -0.2) is 9.97 Å². The van der Waals surface area contributed by atoms with Gasteiger partial charge in [0, 0.05) is 17.1 Å². The van der Waals surface area contributed by atoms with Crippen molar-refractivity contribution in [3.05, 3.63) is 41.7 Å². The Morgan fingerprint density at radius 2 is 2.11 bits per heavy atom. The number of rotatable bonds is 4. The molecule has 1 aromatic carbocycles. The van der Waals surface area contributed by atoms with Crippen LogP contribution >= 0.6 is 11.8 Å². The van der Waals surface area contributed by atoms with Crippen molar-refractivity contribution in [1.82, 2.24) is 9.97 Å². The molecule has 2 N–H and O–H groups in total. The largest absolute Gasteiger partial charge is 0.497 e. The van der Waals surface area contributed by atoms with Gasteiger partial charge in [0.1, 0.15) is 5.75 Å². The number of ether oxygens (including phenoxy) is 1. The lowest BCUT2D eigenvalue weighted by Crippen LogP contribution is -2.02. The Hall–Kier alpha value is -1.59. The Bertz CT molecular complexity index is 546. The van der Waals surface area contributed by atoms with Gasteiger partial charge in [0.2, 0.25) is 0 Å². The van der Waals surface area contributed by atoms with Gasteiger partial charge in [0.05, 0.1) is 12.8 Å². The summed E-state index contributed by atoms with van der Waals surface area (Å²) < 4.78 is 5.19. The summed E-state index contributed by atoms with van der Waals surface area (Å²) in [7, 11) is 1.65. The lowest BCUT2D eigenvalue weighted by Gasteiger charge is -2.05. The predicted octanol–water partition coefficient (Wildman–Crippen LogP) is 2.40. The van der Waals surface area contributed by atoms with Crippen LogP contribution in [0.25, 0.3) is 0 Å². The van der Waals surface area contributed by atoms with Crippen LogP contribution in [0.15, 0.2) is 40.4 Å². The first-order chi connectivity index (χ1) is 8.71. The minimum atomic E-state index is 0.426. The van der Waals surface area contributed by atoms with Crippen molar-refractivity contribution >= 4 is 11.8 Å². The minimum Gasteiger partial charge on any atom is -0.497 e. The third kappa shape index (κ3) is 3.21. The van der Waals surface area contributed by atoms with Crippen LogP contribution in [-0.2, 0) is 6.54 Å². The molecule has 0 fully saturated rings. The Labute approximate surface area is 111 Å². The maximum Gasteiger partial charge on any atom is 0.192 e. The Balaban J connectivity index is 2.24. The minimum absolute atomic E-state index is 0.426. The molecule has 94 valence electrons. The van der Waals surface area contributed by atoms with Gasteiger partial charge in [-0.2, -0.15) is 0 Å². The van der Waals surface area contributed by atoms with Crippen molar-refractivity contribution in [2.24, 2.45) is 5.73 Å². The van der Waals surface area contributed by atoms with E-state index in [2.05, 4.69) is 9.97 Å². The van der Waals surface area contributed by atoms with Gasteiger partial charge in [-0.3, -0.25) is 0 Å². The summed E-state index contributed by atoms with van der Waals surface area (Å²) >= 11 is 1.50. The van der Waals surface area contributed by atoms with Gasteiger partial charge in [0.25, 0.3) is 0 Å². The fourth-order valence-corrected chi connectivity index (χ4v) is 2.41. The van der Waals surface area contributed by atoms with Crippen LogP contribution in [0.4, 0.5) is 0 Å². The third-order valence-corrected chi connectivity index (χ3v) is 3.20. The first-order valence-electron chi connectivity index (χ1n) is 5.58. The molecule has 4 nitrogen and oxygen atoms in total. The molecule has 1 aromatic heterocycles. The van der Waals surface area contributed by atoms with E-state index in [0.717, 1.165) is 22.0 Å². The summed E-state index contributed by atoms with van der Waals surface area (Å²) in [6.07, 6.45) is 0. The van der Waals surface area contributed by atoms with Crippen molar-refractivity contribution in [3.8, 4) is 5.75 Å². The van der Waals surface area contributed by atoms with E-state index in [9.17, 15) is 0 Å². The predicted molar refractivity (Wildman–Crippen MR) is 71.8 cm³/mol. The molecular formula is C13H15N3OS. The molecule has 0 saturated carbocycles. The molecule has 0 unspecified atom stereocenters. The van der Waals surface area contributed by atoms with Crippen LogP contribution in [0.5, 0.6) is 5.75 Å². The molecule has 1 heterocycles. The highest BCUT2D eigenvalue weighted by molar-refractivity contribution is 7.99. The Kier molecular flexibility index (Phi) is 4.17. The molecule has 0 bridgehead atoms. The Morgan fingerprint density at radius 3 is 2.83 bits per heavy atom. The summed E-state index contributed by atoms with van der Waals surface area (Å²) in [5.41, 5.74) is 7.39. The highest BCUT2D eigenvalue weighted by Gasteiger charge is 2.04. The van der Waals surface area contributed by atoms with E-state index < -0.39 is 0 Å². The molecule has 0 radical (unpaired) electrons. The van der Waals surface area contributed by atoms with Crippen molar-refractivity contribution in [1.29, 1.82) is 0 Å². The molecule has 0 saturated heterocycles. The van der Waals surface area contributed by atoms with Crippen molar-refractivity contribution in [2.45, 2.75) is 23.5 Å². The number of nitrogens with two attached hydrogens (primary N) is 1. The van der Waals surface area contributed by atoms with Gasteiger partial charge in [-0.05, 0) is 43.0 Å². The maximum atomic E-state index is 5.61. The molecule has 18 heavy (non-hydrogen) atoms. The first kappa shape index (κ1) is 12.9. The second-order valence-corrected chi connectivity index (χ2v) is 4.81. The molecular weight excluding hydrogens is 246 g/mol. The molecule has 0 atom stereocenters. The highest BCUT2D eigenvalue weighted by Crippen LogP contribution is 2.27. The number of methoxy groups -OCH3 is 1. The summed E-state index contributed by atoms with van der Waals surface area (Å²) in [6, 6.07) is 9.71. The molecule has 0 spiro atoms. The molecule has 0 aliphatic carbocycles. The zero-order valence-corrected chi connectivity index (χ0v) is 11.2. The normalized spacial score (nSPS) is 10.4. The van der Waals surface area contributed by atoms with Crippen LogP contribution in [0, 0.1) is 6.92 Å². The zero-order valence-electron chi connectivity index (χ0n) is 10.4. The van der Waals surface area contributed by atoms with E-state index >= 15 is 0 Å². The fourth-order valence-electron chi connectivity index (χ4n) is 1.52. The summed E-state index contributed by atoms with van der Waals surface area (Å²) in [4.78, 5) is 9.82. The quantitative estimate of drug-likeness (QED) is 0.856. The van der Waals surface area contributed by atoms with E-state index in [4.69, 9.17) is 10.5 Å². The van der Waals surface area contributed by atoms with E-state index in [1.54, 1.807) is 7.11 Å². The average Bonchev–Trinajstić information content (AvgIpc) is 2.38. The smallest absolute Gasteiger partial charge is 0.192 e. The molecule has 2 aromatic rings. The van der Waals surface area contributed by atoms with Crippen LogP contribution < -0.4 is 10.5 Å². The summed E-state index contributed by atoms with van der Waals surface area (Å²) in [5, 5.41) is 0.712. The van der Waals surface area contributed by atoms with E-state index in [1.165, 1.54) is 11.8 Å². The van der Waals surface area contributed by atoms with Crippen LogP contribution in [0.1, 0.15) is 11.4 Å². The van der Waals surface area contributed by atoms with Gasteiger partial charge in [-0.1, -0.05) is 6.07 Å². The molecule has 0 aliphatic heterocycles. The molecule has 2 rings (SSSR count). The van der Waals surface area contributed by atoms with Gasteiger partial charge in [-0.15, -0.1) is 0 Å². The van der Waals surface area contributed by atoms with Gasteiger partial charge in [0.15, 0.2) is 5.16 Å². The number of hydrogen-bond donors (Lipinski definition) is 1. The topological polar surface area (TPSA) is 61.0 Å². The lowest BCUT2D eigenvalue weighted by atomic mass is 10.3. The Morgan fingerprint density at radius 1 is 1.28 bits per heavy atom. The fraction of sp³-hybridized carbons (Fsp3) is 0.231. The van der Waals surface area contributed by atoms with Crippen molar-refractivity contribution in [2.75, 3.05) is 7.11 Å². The number of aromatic nitrogens is 2. The van der Waals surface area contributed by atoms with E-state index in [0.29, 0.717) is 11.7 Å². The number of aryl methyl sites for hydroxylation is 1. The van der Waals surface area contributed by atoms with Gasteiger partial charge < -0.3 is 10.5 Å². The van der Waals surface area contributed by atoms with Crippen LogP contribution in [0.2, 0.25) is 0 Å². The van der Waals surface area contributed by atoms with Crippen LogP contribution in [-0.4, -0.2) is 17.1 Å². The second kappa shape index (κ2) is 5.84. The zero-order chi connectivity index (χ0) is 13.0. The van der Waals surface area contributed by atoms with E-state index in [1.807, 2.05) is 37.3 Å². The third-order valence-electron chi connectivity index (χ3n) is 2.35. The molecule has 5 heteroatoms. The second-order valence-electron chi connectivity index (χ2n) is 3.77. The SMILES string of the molecule is COc1cccc(Sc2nc(C)cc(CN)n2)c1. The average molecular weight is 261 g/mol. The standard InChI is InChI=1S/C13H15N3OS/c1-9-6-10(8-14)16-13(15-9)18-12-5-3-4-11(7-12)17-2/h3-7H,8,14H2,1-2H3. The highest BCUT2D eigenvalue weighted by atomic mass is 32.2. The summed E-state index contributed by atoms with van der Waals surface area (Å²) in [6.45, 7) is 2.37. The number of nitrogens with zero attached hydrogens (tertiary/aromatic N) is 2. The van der Waals surface area contributed by atoms with Crippen molar-refractivity contribution < 1.29 is 4.74 Å². The number of benzene rings is 1. The lowest BCUT2D eigenvalue weighted by molar-refractivity contribution is 0.413. The maximum absolute atomic E-state index is 5.61. The molecule has 0 aliphatic rings.